The van der Waals surface area contributed by atoms with Gasteiger partial charge in [0.1, 0.15) is 22.3 Å². The lowest BCUT2D eigenvalue weighted by Crippen LogP contribution is -2.34. The van der Waals surface area contributed by atoms with E-state index in [1.807, 2.05) is 0 Å². The third-order valence-electron chi connectivity index (χ3n) is 6.61. The first-order valence-electron chi connectivity index (χ1n) is 12.0. The van der Waals surface area contributed by atoms with E-state index in [9.17, 15) is 28.3 Å². The Balaban J connectivity index is 1.38. The Bertz CT molecular complexity index is 1290. The molecule has 0 bridgehead atoms. The molecular weight excluding hydrogens is 502 g/mol. The normalized spacial score (nSPS) is 14.6. The van der Waals surface area contributed by atoms with Crippen molar-refractivity contribution < 1.29 is 28.3 Å². The van der Waals surface area contributed by atoms with E-state index in [2.05, 4.69) is 20.6 Å². The predicted octanol–water partition coefficient (Wildman–Crippen LogP) is 5.28. The number of carboxylic acid groups (broad SMARTS) is 1. The number of anilines is 1. The maximum absolute atomic E-state index is 14.1. The molecule has 1 aromatic carbocycles. The quantitative estimate of drug-likeness (QED) is 0.325. The largest absolute Gasteiger partial charge is 0.481 e. The van der Waals surface area contributed by atoms with Crippen LogP contribution >= 0.6 is 11.3 Å². The fourth-order valence-corrected chi connectivity index (χ4v) is 5.44. The number of carbonyl (C=O) groups excluding carboxylic acids is 2. The second-order valence-electron chi connectivity index (χ2n) is 9.02. The minimum atomic E-state index is -0.787. The highest BCUT2D eigenvalue weighted by molar-refractivity contribution is 7.13. The zero-order valence-corrected chi connectivity index (χ0v) is 20.7. The van der Waals surface area contributed by atoms with Gasteiger partial charge in [0, 0.05) is 18.1 Å². The average molecular weight is 529 g/mol. The van der Waals surface area contributed by atoms with Gasteiger partial charge in [-0.05, 0) is 43.9 Å². The van der Waals surface area contributed by atoms with Crippen LogP contribution < -0.4 is 10.6 Å². The molecule has 0 radical (unpaired) electrons. The first-order valence-corrected chi connectivity index (χ1v) is 12.9. The minimum Gasteiger partial charge on any atom is -0.481 e. The zero-order chi connectivity index (χ0) is 26.4. The van der Waals surface area contributed by atoms with E-state index in [1.54, 1.807) is 0 Å². The number of hydrogen-bond acceptors (Lipinski definition) is 6. The third-order valence-corrected chi connectivity index (χ3v) is 7.47. The van der Waals surface area contributed by atoms with Crippen molar-refractivity contribution in [3.63, 3.8) is 0 Å². The number of carbonyl (C=O) groups is 3. The summed E-state index contributed by atoms with van der Waals surface area (Å²) in [5.74, 6) is -3.46. The van der Waals surface area contributed by atoms with Gasteiger partial charge in [0.15, 0.2) is 0 Å². The molecule has 11 heteroatoms. The van der Waals surface area contributed by atoms with Crippen LogP contribution in [0.25, 0.3) is 10.6 Å². The molecule has 8 nitrogen and oxygen atoms in total. The maximum Gasteiger partial charge on any atom is 0.309 e. The van der Waals surface area contributed by atoms with Crippen molar-refractivity contribution in [2.24, 2.45) is 5.41 Å². The van der Waals surface area contributed by atoms with Crippen molar-refractivity contribution in [3.05, 3.63) is 64.9 Å². The first-order chi connectivity index (χ1) is 17.8. The number of aromatic nitrogens is 2. The lowest BCUT2D eigenvalue weighted by Gasteiger charge is -2.33. The van der Waals surface area contributed by atoms with Crippen molar-refractivity contribution in [2.75, 3.05) is 11.9 Å². The van der Waals surface area contributed by atoms with Crippen LogP contribution in [0.1, 0.15) is 65.8 Å². The van der Waals surface area contributed by atoms with Gasteiger partial charge in [-0.3, -0.25) is 19.4 Å². The standard InChI is InChI=1S/C26H26F2N4O4S/c27-17-6-4-7-18(28)21(17)24-32-20(15-37-24)23(34)31-19-14-29-13-8-16(19)22(33)30-12-5-11-26(25(35)36)9-2-1-3-10-26/h4,6-8,13-15H,1-3,5,9-12H2,(H,30,33)(H,31,34)(H,35,36). The highest BCUT2D eigenvalue weighted by Crippen LogP contribution is 2.40. The first kappa shape index (κ1) is 26.3. The number of aliphatic carboxylic acids is 1. The summed E-state index contributed by atoms with van der Waals surface area (Å²) in [5, 5.41) is 16.5. The van der Waals surface area contributed by atoms with Gasteiger partial charge in [0.05, 0.1) is 28.4 Å². The number of thiazole rings is 1. The average Bonchev–Trinajstić information content (AvgIpc) is 3.37. The lowest BCUT2D eigenvalue weighted by molar-refractivity contribution is -0.151. The monoisotopic (exact) mass is 528 g/mol. The smallest absolute Gasteiger partial charge is 0.309 e. The van der Waals surface area contributed by atoms with Gasteiger partial charge in [-0.1, -0.05) is 25.3 Å². The van der Waals surface area contributed by atoms with Crippen LogP contribution in [0.5, 0.6) is 0 Å². The number of nitrogens with zero attached hydrogens (tertiary/aromatic N) is 2. The van der Waals surface area contributed by atoms with Crippen LogP contribution in [-0.4, -0.2) is 39.4 Å². The van der Waals surface area contributed by atoms with Crippen molar-refractivity contribution in [3.8, 4) is 10.6 Å². The number of pyridine rings is 1. The Hall–Kier alpha value is -3.73. The lowest BCUT2D eigenvalue weighted by atomic mass is 9.71. The number of halogens is 2. The summed E-state index contributed by atoms with van der Waals surface area (Å²) >= 11 is 0.919. The Morgan fingerprint density at radius 1 is 1.05 bits per heavy atom. The topological polar surface area (TPSA) is 121 Å². The molecule has 2 aromatic heterocycles. The summed E-state index contributed by atoms with van der Waals surface area (Å²) < 4.78 is 28.1. The van der Waals surface area contributed by atoms with E-state index >= 15 is 0 Å². The highest BCUT2D eigenvalue weighted by Gasteiger charge is 2.38. The number of benzene rings is 1. The van der Waals surface area contributed by atoms with E-state index in [0.29, 0.717) is 25.7 Å². The Morgan fingerprint density at radius 2 is 1.78 bits per heavy atom. The number of nitrogens with one attached hydrogen (secondary N) is 2. The molecule has 4 rings (SSSR count). The summed E-state index contributed by atoms with van der Waals surface area (Å²) in [5.41, 5.74) is -0.790. The number of carboxylic acids is 1. The van der Waals surface area contributed by atoms with E-state index in [4.69, 9.17) is 0 Å². The van der Waals surface area contributed by atoms with Crippen LogP contribution in [0.15, 0.2) is 42.0 Å². The number of amides is 2. The molecule has 1 saturated carbocycles. The summed E-state index contributed by atoms with van der Waals surface area (Å²) in [6.45, 7) is 0.285. The van der Waals surface area contributed by atoms with E-state index in [-0.39, 0.29) is 34.1 Å². The van der Waals surface area contributed by atoms with Crippen LogP contribution in [0.3, 0.4) is 0 Å². The molecule has 3 N–H and O–H groups in total. The SMILES string of the molecule is O=C(Nc1cnccc1C(=O)NCCCC1(C(=O)O)CCCCC1)c1csc(-c2c(F)cccc2F)n1. The molecule has 3 aromatic rings. The summed E-state index contributed by atoms with van der Waals surface area (Å²) in [6.07, 6.45) is 7.87. The number of hydrogen-bond donors (Lipinski definition) is 3. The summed E-state index contributed by atoms with van der Waals surface area (Å²) in [6, 6.07) is 4.91. The van der Waals surface area contributed by atoms with Crippen LogP contribution in [0, 0.1) is 17.0 Å². The fraction of sp³-hybridized carbons (Fsp3) is 0.346. The van der Waals surface area contributed by atoms with Gasteiger partial charge in [0.25, 0.3) is 11.8 Å². The summed E-state index contributed by atoms with van der Waals surface area (Å²) in [4.78, 5) is 45.4. The molecular formula is C26H26F2N4O4S. The van der Waals surface area contributed by atoms with Crippen molar-refractivity contribution in [2.45, 2.75) is 44.9 Å². The van der Waals surface area contributed by atoms with Gasteiger partial charge in [-0.15, -0.1) is 11.3 Å². The second kappa shape index (κ2) is 11.5. The molecule has 2 amide bonds. The Labute approximate surface area is 216 Å². The molecule has 0 atom stereocenters. The Kier molecular flexibility index (Phi) is 8.22. The van der Waals surface area contributed by atoms with Crippen molar-refractivity contribution in [1.82, 2.24) is 15.3 Å². The van der Waals surface area contributed by atoms with E-state index in [0.717, 1.165) is 42.7 Å². The molecule has 2 heterocycles. The molecule has 0 spiro atoms. The molecule has 194 valence electrons. The maximum atomic E-state index is 14.1. The summed E-state index contributed by atoms with van der Waals surface area (Å²) in [7, 11) is 0. The van der Waals surface area contributed by atoms with Crippen molar-refractivity contribution >= 4 is 34.8 Å². The predicted molar refractivity (Wildman–Crippen MR) is 134 cm³/mol. The van der Waals surface area contributed by atoms with Crippen LogP contribution in [0.4, 0.5) is 14.5 Å². The molecule has 0 aliphatic heterocycles. The van der Waals surface area contributed by atoms with Gasteiger partial charge < -0.3 is 15.7 Å². The third kappa shape index (κ3) is 5.99. The van der Waals surface area contributed by atoms with Crippen molar-refractivity contribution in [1.29, 1.82) is 0 Å². The van der Waals surface area contributed by atoms with Gasteiger partial charge in [0.2, 0.25) is 0 Å². The molecule has 1 fully saturated rings. The zero-order valence-electron chi connectivity index (χ0n) is 19.9. The fourth-order valence-electron chi connectivity index (χ4n) is 4.60. The van der Waals surface area contributed by atoms with E-state index in [1.165, 1.54) is 29.9 Å². The molecule has 1 aliphatic rings. The van der Waals surface area contributed by atoms with E-state index < -0.39 is 34.8 Å². The van der Waals surface area contributed by atoms with Gasteiger partial charge in [-0.2, -0.15) is 0 Å². The number of rotatable bonds is 9. The van der Waals surface area contributed by atoms with Crippen LogP contribution in [-0.2, 0) is 4.79 Å². The molecule has 1 aliphatic carbocycles. The molecule has 0 unspecified atom stereocenters. The highest BCUT2D eigenvalue weighted by atomic mass is 32.1. The molecule has 0 saturated heterocycles. The van der Waals surface area contributed by atoms with Gasteiger partial charge in [-0.25, -0.2) is 13.8 Å². The molecule has 37 heavy (non-hydrogen) atoms. The van der Waals surface area contributed by atoms with Gasteiger partial charge >= 0.3 is 5.97 Å². The minimum absolute atomic E-state index is 0.0157. The second-order valence-corrected chi connectivity index (χ2v) is 9.87. The Morgan fingerprint density at radius 3 is 2.49 bits per heavy atom. The van der Waals surface area contributed by atoms with Crippen LogP contribution in [0.2, 0.25) is 0 Å².